The zero-order chi connectivity index (χ0) is 20.9. The van der Waals surface area contributed by atoms with Gasteiger partial charge in [0.2, 0.25) is 6.19 Å². The largest absolute Gasteiger partial charge is 0.346 e. The van der Waals surface area contributed by atoms with Crippen LogP contribution in [0.3, 0.4) is 0 Å². The van der Waals surface area contributed by atoms with Gasteiger partial charge in [-0.05, 0) is 48.5 Å². The van der Waals surface area contributed by atoms with Gasteiger partial charge in [-0.25, -0.2) is 4.98 Å². The molecular weight excluding hydrogens is 420 g/mol. The Balaban J connectivity index is 1.47. The standard InChI is InChI=1S/C21H15ClN6OS/c22-19-9-8-18(30-19)21(29)24-11-15-12-27(14-26-15)16-4-6-17(7-5-16)28-10-2-1-3-20(28)25-13-23/h1-10,12,14H,11H2,(H,24,29)/b25-20+. The first-order chi connectivity index (χ1) is 14.6. The summed E-state index contributed by atoms with van der Waals surface area (Å²) in [7, 11) is 0. The molecule has 1 amide bonds. The first-order valence-corrected chi connectivity index (χ1v) is 10.1. The molecule has 0 radical (unpaired) electrons. The second-order valence-electron chi connectivity index (χ2n) is 6.22. The van der Waals surface area contributed by atoms with Crippen LogP contribution in [0, 0.1) is 11.5 Å². The fourth-order valence-electron chi connectivity index (χ4n) is 2.87. The Labute approximate surface area is 181 Å². The molecule has 30 heavy (non-hydrogen) atoms. The molecule has 0 aliphatic carbocycles. The molecule has 0 saturated heterocycles. The van der Waals surface area contributed by atoms with E-state index in [4.69, 9.17) is 16.9 Å². The Kier molecular flexibility index (Phi) is 5.75. The molecule has 3 aromatic heterocycles. The number of aromatic nitrogens is 3. The summed E-state index contributed by atoms with van der Waals surface area (Å²) in [6, 6.07) is 16.7. The molecule has 0 unspecified atom stereocenters. The topological polar surface area (TPSA) is 88.0 Å². The number of thiophene rings is 1. The van der Waals surface area contributed by atoms with E-state index in [9.17, 15) is 4.79 Å². The van der Waals surface area contributed by atoms with Gasteiger partial charge in [0.05, 0.1) is 27.8 Å². The number of hydrogen-bond donors (Lipinski definition) is 1. The molecule has 1 N–H and O–H groups in total. The maximum Gasteiger partial charge on any atom is 0.261 e. The third-order valence-electron chi connectivity index (χ3n) is 4.29. The minimum Gasteiger partial charge on any atom is -0.346 e. The summed E-state index contributed by atoms with van der Waals surface area (Å²) in [6.07, 6.45) is 7.24. The van der Waals surface area contributed by atoms with E-state index in [-0.39, 0.29) is 5.91 Å². The fraction of sp³-hybridized carbons (Fsp3) is 0.0476. The molecule has 0 aliphatic heterocycles. The van der Waals surface area contributed by atoms with E-state index in [0.717, 1.165) is 17.1 Å². The average Bonchev–Trinajstić information content (AvgIpc) is 3.42. The van der Waals surface area contributed by atoms with Crippen LogP contribution in [0.1, 0.15) is 15.4 Å². The number of imidazole rings is 1. The van der Waals surface area contributed by atoms with Crippen molar-refractivity contribution in [2.45, 2.75) is 6.54 Å². The number of nitrogens with one attached hydrogen (secondary N) is 1. The van der Waals surface area contributed by atoms with Crippen LogP contribution >= 0.6 is 22.9 Å². The lowest BCUT2D eigenvalue weighted by Gasteiger charge is -2.08. The minimum absolute atomic E-state index is 0.177. The molecule has 3 heterocycles. The molecule has 1 aromatic carbocycles. The lowest BCUT2D eigenvalue weighted by atomic mass is 10.2. The quantitative estimate of drug-likeness (QED) is 0.486. The van der Waals surface area contributed by atoms with Gasteiger partial charge in [-0.3, -0.25) is 4.79 Å². The van der Waals surface area contributed by atoms with Gasteiger partial charge < -0.3 is 14.5 Å². The van der Waals surface area contributed by atoms with Crippen molar-refractivity contribution in [2.75, 3.05) is 0 Å². The number of hydrogen-bond acceptors (Lipinski definition) is 5. The number of amides is 1. The van der Waals surface area contributed by atoms with Gasteiger partial charge in [0.15, 0.2) is 0 Å². The predicted molar refractivity (Wildman–Crippen MR) is 115 cm³/mol. The molecule has 9 heteroatoms. The average molecular weight is 435 g/mol. The summed E-state index contributed by atoms with van der Waals surface area (Å²) < 4.78 is 4.29. The van der Waals surface area contributed by atoms with Gasteiger partial charge in [0, 0.05) is 23.8 Å². The summed E-state index contributed by atoms with van der Waals surface area (Å²) in [5, 5.41) is 11.7. The van der Waals surface area contributed by atoms with Gasteiger partial charge in [-0.2, -0.15) is 10.3 Å². The normalized spacial score (nSPS) is 11.3. The van der Waals surface area contributed by atoms with Crippen molar-refractivity contribution in [2.24, 2.45) is 4.99 Å². The Morgan fingerprint density at radius 3 is 2.70 bits per heavy atom. The summed E-state index contributed by atoms with van der Waals surface area (Å²) in [4.78, 5) is 20.9. The van der Waals surface area contributed by atoms with Crippen LogP contribution in [-0.2, 0) is 6.54 Å². The molecule has 0 atom stereocenters. The van der Waals surface area contributed by atoms with E-state index < -0.39 is 0 Å². The van der Waals surface area contributed by atoms with Crippen LogP contribution in [0.4, 0.5) is 0 Å². The van der Waals surface area contributed by atoms with E-state index >= 15 is 0 Å². The summed E-state index contributed by atoms with van der Waals surface area (Å²) >= 11 is 7.11. The number of carbonyl (C=O) groups is 1. The summed E-state index contributed by atoms with van der Waals surface area (Å²) in [6.45, 7) is 0.318. The first kappa shape index (κ1) is 19.6. The maximum atomic E-state index is 12.1. The van der Waals surface area contributed by atoms with Gasteiger partial charge in [0.1, 0.15) is 5.49 Å². The van der Waals surface area contributed by atoms with Crippen LogP contribution in [0.2, 0.25) is 4.34 Å². The number of benzene rings is 1. The number of nitrogens with zero attached hydrogens (tertiary/aromatic N) is 5. The van der Waals surface area contributed by atoms with Gasteiger partial charge >= 0.3 is 0 Å². The van der Waals surface area contributed by atoms with Crippen molar-refractivity contribution in [1.82, 2.24) is 19.4 Å². The summed E-state index contributed by atoms with van der Waals surface area (Å²) in [5.74, 6) is -0.177. The van der Waals surface area contributed by atoms with Crippen molar-refractivity contribution in [3.8, 4) is 17.6 Å². The van der Waals surface area contributed by atoms with Gasteiger partial charge in [-0.1, -0.05) is 17.7 Å². The van der Waals surface area contributed by atoms with Crippen LogP contribution in [-0.4, -0.2) is 20.0 Å². The Hall–Kier alpha value is -3.67. The van der Waals surface area contributed by atoms with Crippen LogP contribution in [0.5, 0.6) is 0 Å². The number of pyridine rings is 1. The maximum absolute atomic E-state index is 12.1. The van der Waals surface area contributed by atoms with Crippen LogP contribution in [0.25, 0.3) is 11.4 Å². The zero-order valence-electron chi connectivity index (χ0n) is 15.6. The molecule has 4 aromatic rings. The molecule has 0 fully saturated rings. The first-order valence-electron chi connectivity index (χ1n) is 8.92. The van der Waals surface area contributed by atoms with Crippen molar-refractivity contribution >= 4 is 28.8 Å². The highest BCUT2D eigenvalue weighted by molar-refractivity contribution is 7.17. The van der Waals surface area contributed by atoms with Crippen LogP contribution < -0.4 is 10.8 Å². The predicted octanol–water partition coefficient (Wildman–Crippen LogP) is 3.69. The number of nitriles is 1. The number of halogens is 1. The SMILES string of the molecule is N#C/N=c1\ccccn1-c1ccc(-n2cnc(CNC(=O)c3ccc(Cl)s3)c2)cc1. The third kappa shape index (κ3) is 4.33. The van der Waals surface area contributed by atoms with Crippen molar-refractivity contribution in [3.05, 3.63) is 93.7 Å². The molecule has 0 bridgehead atoms. The monoisotopic (exact) mass is 434 g/mol. The Morgan fingerprint density at radius 1 is 1.17 bits per heavy atom. The highest BCUT2D eigenvalue weighted by atomic mass is 35.5. The Bertz CT molecular complexity index is 1300. The molecule has 0 aliphatic rings. The van der Waals surface area contributed by atoms with Crippen molar-refractivity contribution < 1.29 is 4.79 Å². The molecule has 0 saturated carbocycles. The highest BCUT2D eigenvalue weighted by Crippen LogP contribution is 2.21. The number of carbonyl (C=O) groups excluding carboxylic acids is 1. The zero-order valence-corrected chi connectivity index (χ0v) is 17.1. The lowest BCUT2D eigenvalue weighted by Crippen LogP contribution is -2.21. The van der Waals surface area contributed by atoms with E-state index in [0.29, 0.717) is 21.2 Å². The van der Waals surface area contributed by atoms with Crippen molar-refractivity contribution in [1.29, 1.82) is 5.26 Å². The van der Waals surface area contributed by atoms with Gasteiger partial charge in [-0.15, -0.1) is 11.3 Å². The molecule has 148 valence electrons. The second kappa shape index (κ2) is 8.78. The minimum atomic E-state index is -0.177. The van der Waals surface area contributed by atoms with E-state index in [2.05, 4.69) is 15.3 Å². The molecule has 0 spiro atoms. The summed E-state index contributed by atoms with van der Waals surface area (Å²) in [5.41, 5.74) is 3.10. The van der Waals surface area contributed by atoms with E-state index in [1.165, 1.54) is 11.3 Å². The van der Waals surface area contributed by atoms with Crippen molar-refractivity contribution in [3.63, 3.8) is 0 Å². The lowest BCUT2D eigenvalue weighted by molar-refractivity contribution is 0.0954. The molecule has 7 nitrogen and oxygen atoms in total. The highest BCUT2D eigenvalue weighted by Gasteiger charge is 2.09. The van der Waals surface area contributed by atoms with Crippen LogP contribution in [0.15, 0.2) is 78.3 Å². The molecule has 4 rings (SSSR count). The molecular formula is C21H15ClN6OS. The fourth-order valence-corrected chi connectivity index (χ4v) is 3.83. The van der Waals surface area contributed by atoms with E-state index in [1.807, 2.05) is 64.1 Å². The smallest absolute Gasteiger partial charge is 0.261 e. The second-order valence-corrected chi connectivity index (χ2v) is 7.93. The van der Waals surface area contributed by atoms with E-state index in [1.54, 1.807) is 24.5 Å². The third-order valence-corrected chi connectivity index (χ3v) is 5.52. The Morgan fingerprint density at radius 2 is 1.97 bits per heavy atom. The number of rotatable bonds is 5. The van der Waals surface area contributed by atoms with Gasteiger partial charge in [0.25, 0.3) is 5.91 Å².